The zero-order valence-corrected chi connectivity index (χ0v) is 9.55. The predicted molar refractivity (Wildman–Crippen MR) is 60.5 cm³/mol. The minimum atomic E-state index is 0.341. The van der Waals surface area contributed by atoms with Gasteiger partial charge in [-0.2, -0.15) is 0 Å². The maximum Gasteiger partial charge on any atom is 0.130 e. The average Bonchev–Trinajstić information content (AvgIpc) is 2.66. The molecule has 0 amide bonds. The maximum absolute atomic E-state index is 9.51. The Labute approximate surface area is 92.5 Å². The summed E-state index contributed by atoms with van der Waals surface area (Å²) < 4.78 is 0.854. The third kappa shape index (κ3) is 2.10. The Balaban J connectivity index is 2.11. The number of nitrogens with one attached hydrogen (secondary N) is 1. The van der Waals surface area contributed by atoms with Crippen molar-refractivity contribution in [2.45, 2.75) is 12.8 Å². The predicted octanol–water partition coefficient (Wildman–Crippen LogP) is 2.31. The fourth-order valence-electron chi connectivity index (χ4n) is 1.92. The highest BCUT2D eigenvalue weighted by Crippen LogP contribution is 2.29. The second-order valence-electron chi connectivity index (χ2n) is 3.81. The van der Waals surface area contributed by atoms with Crippen molar-refractivity contribution in [2.75, 3.05) is 13.1 Å². The van der Waals surface area contributed by atoms with Gasteiger partial charge < -0.3 is 10.4 Å². The van der Waals surface area contributed by atoms with E-state index in [1.54, 1.807) is 6.07 Å². The van der Waals surface area contributed by atoms with Crippen molar-refractivity contribution in [3.05, 3.63) is 28.2 Å². The van der Waals surface area contributed by atoms with Gasteiger partial charge in [0.05, 0.1) is 4.47 Å². The molecule has 1 saturated heterocycles. The summed E-state index contributed by atoms with van der Waals surface area (Å²) in [7, 11) is 0. The standard InChI is InChI=1S/C11H14BrNO/c12-11-9(2-1-3-10(11)14)6-8-4-5-13-7-8/h1-3,8,13-14H,4-7H2. The van der Waals surface area contributed by atoms with Gasteiger partial charge >= 0.3 is 0 Å². The van der Waals surface area contributed by atoms with E-state index < -0.39 is 0 Å². The number of benzene rings is 1. The molecule has 1 aliphatic heterocycles. The van der Waals surface area contributed by atoms with Crippen LogP contribution < -0.4 is 5.32 Å². The van der Waals surface area contributed by atoms with Gasteiger partial charge in [0, 0.05) is 0 Å². The lowest BCUT2D eigenvalue weighted by Crippen LogP contribution is -2.10. The summed E-state index contributed by atoms with van der Waals surface area (Å²) >= 11 is 3.42. The molecule has 0 saturated carbocycles. The van der Waals surface area contributed by atoms with Gasteiger partial charge in [0.15, 0.2) is 0 Å². The van der Waals surface area contributed by atoms with Gasteiger partial charge in [-0.05, 0) is 59.4 Å². The number of phenols is 1. The van der Waals surface area contributed by atoms with Crippen molar-refractivity contribution in [3.8, 4) is 5.75 Å². The van der Waals surface area contributed by atoms with Crippen LogP contribution >= 0.6 is 15.9 Å². The van der Waals surface area contributed by atoms with Crippen LogP contribution in [-0.4, -0.2) is 18.2 Å². The summed E-state index contributed by atoms with van der Waals surface area (Å²) in [5, 5.41) is 12.9. The Bertz CT molecular complexity index is 321. The number of halogens is 1. The molecule has 1 heterocycles. The summed E-state index contributed by atoms with van der Waals surface area (Å²) in [6, 6.07) is 5.68. The molecular weight excluding hydrogens is 242 g/mol. The van der Waals surface area contributed by atoms with Gasteiger partial charge in [-0.3, -0.25) is 0 Å². The lowest BCUT2D eigenvalue weighted by molar-refractivity contribution is 0.469. The molecule has 0 aliphatic carbocycles. The first-order chi connectivity index (χ1) is 6.77. The van der Waals surface area contributed by atoms with Crippen LogP contribution in [0.5, 0.6) is 5.75 Å². The van der Waals surface area contributed by atoms with Crippen molar-refractivity contribution < 1.29 is 5.11 Å². The van der Waals surface area contributed by atoms with Crippen LogP contribution in [0.25, 0.3) is 0 Å². The van der Waals surface area contributed by atoms with Crippen LogP contribution in [0.2, 0.25) is 0 Å². The summed E-state index contributed by atoms with van der Waals surface area (Å²) in [5.74, 6) is 1.06. The SMILES string of the molecule is Oc1cccc(CC2CCNC2)c1Br. The topological polar surface area (TPSA) is 32.3 Å². The minimum Gasteiger partial charge on any atom is -0.507 e. The van der Waals surface area contributed by atoms with Crippen LogP contribution in [0.4, 0.5) is 0 Å². The van der Waals surface area contributed by atoms with E-state index in [4.69, 9.17) is 0 Å². The van der Waals surface area contributed by atoms with Crippen LogP contribution in [0, 0.1) is 5.92 Å². The Morgan fingerprint density at radius 1 is 1.50 bits per heavy atom. The second kappa shape index (κ2) is 4.32. The van der Waals surface area contributed by atoms with Crippen LogP contribution in [0.3, 0.4) is 0 Å². The van der Waals surface area contributed by atoms with Crippen LogP contribution in [0.1, 0.15) is 12.0 Å². The molecule has 2 N–H and O–H groups in total. The van der Waals surface area contributed by atoms with E-state index in [0.29, 0.717) is 11.7 Å². The van der Waals surface area contributed by atoms with Gasteiger partial charge in [0.2, 0.25) is 0 Å². The maximum atomic E-state index is 9.51. The van der Waals surface area contributed by atoms with E-state index in [-0.39, 0.29) is 0 Å². The average molecular weight is 256 g/mol. The molecule has 0 radical (unpaired) electrons. The minimum absolute atomic E-state index is 0.341. The summed E-state index contributed by atoms with van der Waals surface area (Å²) in [4.78, 5) is 0. The molecule has 1 fully saturated rings. The fraction of sp³-hybridized carbons (Fsp3) is 0.455. The van der Waals surface area contributed by atoms with E-state index in [1.165, 1.54) is 12.0 Å². The van der Waals surface area contributed by atoms with Crippen molar-refractivity contribution in [3.63, 3.8) is 0 Å². The number of hydrogen-bond donors (Lipinski definition) is 2. The molecule has 76 valence electrons. The highest BCUT2D eigenvalue weighted by molar-refractivity contribution is 9.10. The molecular formula is C11H14BrNO. The molecule has 1 aromatic carbocycles. The second-order valence-corrected chi connectivity index (χ2v) is 4.61. The van der Waals surface area contributed by atoms with E-state index >= 15 is 0 Å². The third-order valence-corrected chi connectivity index (χ3v) is 3.64. The van der Waals surface area contributed by atoms with Crippen molar-refractivity contribution in [1.82, 2.24) is 5.32 Å². The Morgan fingerprint density at radius 3 is 3.07 bits per heavy atom. The van der Waals surface area contributed by atoms with E-state index in [1.807, 2.05) is 6.07 Å². The molecule has 1 aromatic rings. The van der Waals surface area contributed by atoms with Gasteiger partial charge in [-0.1, -0.05) is 12.1 Å². The van der Waals surface area contributed by atoms with Crippen molar-refractivity contribution in [2.24, 2.45) is 5.92 Å². The van der Waals surface area contributed by atoms with E-state index in [2.05, 4.69) is 27.3 Å². The monoisotopic (exact) mass is 255 g/mol. The lowest BCUT2D eigenvalue weighted by Gasteiger charge is -2.10. The van der Waals surface area contributed by atoms with Gasteiger partial charge in [0.1, 0.15) is 5.75 Å². The quantitative estimate of drug-likeness (QED) is 0.851. The summed E-state index contributed by atoms with van der Waals surface area (Å²) in [6.45, 7) is 2.23. The van der Waals surface area contributed by atoms with Gasteiger partial charge in [-0.25, -0.2) is 0 Å². The number of phenolic OH excluding ortho intramolecular Hbond substituents is 1. The van der Waals surface area contributed by atoms with E-state index in [0.717, 1.165) is 24.0 Å². The Kier molecular flexibility index (Phi) is 3.08. The van der Waals surface area contributed by atoms with Crippen LogP contribution in [0.15, 0.2) is 22.7 Å². The Morgan fingerprint density at radius 2 is 2.36 bits per heavy atom. The third-order valence-electron chi connectivity index (χ3n) is 2.73. The van der Waals surface area contributed by atoms with Crippen LogP contribution in [-0.2, 0) is 6.42 Å². The zero-order valence-electron chi connectivity index (χ0n) is 7.96. The first-order valence-corrected chi connectivity index (χ1v) is 5.74. The Hall–Kier alpha value is -0.540. The molecule has 1 atom stereocenters. The zero-order chi connectivity index (χ0) is 9.97. The smallest absolute Gasteiger partial charge is 0.130 e. The highest BCUT2D eigenvalue weighted by Gasteiger charge is 2.16. The van der Waals surface area contributed by atoms with E-state index in [9.17, 15) is 5.11 Å². The molecule has 0 aromatic heterocycles. The summed E-state index contributed by atoms with van der Waals surface area (Å²) in [5.41, 5.74) is 1.21. The molecule has 1 aliphatic rings. The first-order valence-electron chi connectivity index (χ1n) is 4.94. The number of aromatic hydroxyl groups is 1. The molecule has 3 heteroatoms. The first kappa shape index (κ1) is 9.99. The van der Waals surface area contributed by atoms with Gasteiger partial charge in [-0.15, -0.1) is 0 Å². The normalized spacial score (nSPS) is 21.4. The van der Waals surface area contributed by atoms with Crippen molar-refractivity contribution in [1.29, 1.82) is 0 Å². The highest BCUT2D eigenvalue weighted by atomic mass is 79.9. The van der Waals surface area contributed by atoms with Crippen molar-refractivity contribution >= 4 is 15.9 Å². The number of hydrogen-bond acceptors (Lipinski definition) is 2. The molecule has 0 spiro atoms. The molecule has 14 heavy (non-hydrogen) atoms. The molecule has 1 unspecified atom stereocenters. The molecule has 0 bridgehead atoms. The largest absolute Gasteiger partial charge is 0.507 e. The van der Waals surface area contributed by atoms with Gasteiger partial charge in [0.25, 0.3) is 0 Å². The lowest BCUT2D eigenvalue weighted by atomic mass is 9.99. The molecule has 2 nitrogen and oxygen atoms in total. The number of rotatable bonds is 2. The fourth-order valence-corrected chi connectivity index (χ4v) is 2.35. The summed E-state index contributed by atoms with van der Waals surface area (Å²) in [6.07, 6.45) is 2.28. The molecule has 2 rings (SSSR count).